The molecule has 0 radical (unpaired) electrons. The van der Waals surface area contributed by atoms with Crippen LogP contribution in [0.1, 0.15) is 67.9 Å². The van der Waals surface area contributed by atoms with Crippen LogP contribution in [-0.4, -0.2) is 26.4 Å². The molecular weight excluding hydrogens is 474 g/mol. The second-order valence-electron chi connectivity index (χ2n) is 9.74. The van der Waals surface area contributed by atoms with E-state index >= 15 is 0 Å². The van der Waals surface area contributed by atoms with Crippen LogP contribution in [-0.2, 0) is 30.6 Å². The maximum Gasteiger partial charge on any atom is 0.235 e. The summed E-state index contributed by atoms with van der Waals surface area (Å²) in [5.74, 6) is 1.60. The molecule has 1 atom stereocenters. The lowest BCUT2D eigenvalue weighted by atomic mass is 9.69. The third kappa shape index (κ3) is 5.62. The summed E-state index contributed by atoms with van der Waals surface area (Å²) in [7, 11) is 0. The smallest absolute Gasteiger partial charge is 0.235 e. The lowest BCUT2D eigenvalue weighted by Gasteiger charge is -2.36. The Kier molecular flexibility index (Phi) is 7.98. The Morgan fingerprint density at radius 3 is 2.74 bits per heavy atom. The zero-order valence-electron chi connectivity index (χ0n) is 20.9. The van der Waals surface area contributed by atoms with Crippen LogP contribution in [0.5, 0.6) is 0 Å². The quantitative estimate of drug-likeness (QED) is 0.354. The summed E-state index contributed by atoms with van der Waals surface area (Å²) in [5, 5.41) is 23.0. The van der Waals surface area contributed by atoms with Crippen LogP contribution in [0.15, 0.2) is 35.5 Å². The summed E-state index contributed by atoms with van der Waals surface area (Å²) in [6.45, 7) is 9.72. The van der Waals surface area contributed by atoms with Gasteiger partial charge in [0, 0.05) is 17.8 Å². The Morgan fingerprint density at radius 1 is 1.29 bits per heavy atom. The van der Waals surface area contributed by atoms with Crippen molar-refractivity contribution < 1.29 is 4.79 Å². The SMILES string of the molecule is CCn1c(Cc2ccccc2)nnc1SCC(=O)Nc1sc2c(c1C#N)CCC(C(C)(C)CC)C2. The average Bonchev–Trinajstić information content (AvgIpc) is 3.42. The van der Waals surface area contributed by atoms with Crippen molar-refractivity contribution in [1.29, 1.82) is 5.26 Å². The largest absolute Gasteiger partial charge is 0.316 e. The molecule has 0 aliphatic heterocycles. The fraction of sp³-hybridized carbons (Fsp3) is 0.481. The maximum absolute atomic E-state index is 12.8. The van der Waals surface area contributed by atoms with Gasteiger partial charge in [-0.3, -0.25) is 4.79 Å². The number of carbonyl (C=O) groups is 1. The Labute approximate surface area is 216 Å². The molecule has 35 heavy (non-hydrogen) atoms. The van der Waals surface area contributed by atoms with Gasteiger partial charge in [0.05, 0.1) is 11.3 Å². The first-order chi connectivity index (χ1) is 16.9. The van der Waals surface area contributed by atoms with E-state index in [4.69, 9.17) is 0 Å². The van der Waals surface area contributed by atoms with Gasteiger partial charge in [-0.15, -0.1) is 21.5 Å². The van der Waals surface area contributed by atoms with Crippen molar-refractivity contribution in [3.8, 4) is 6.07 Å². The molecule has 2 heterocycles. The van der Waals surface area contributed by atoms with Crippen molar-refractivity contribution in [3.05, 3.63) is 57.7 Å². The van der Waals surface area contributed by atoms with Gasteiger partial charge in [-0.2, -0.15) is 5.26 Å². The molecule has 1 aliphatic rings. The minimum atomic E-state index is -0.120. The van der Waals surface area contributed by atoms with Crippen molar-refractivity contribution in [3.63, 3.8) is 0 Å². The zero-order chi connectivity index (χ0) is 25.0. The standard InChI is InChI=1S/C27H33N5OS2/c1-5-27(3,4)19-12-13-20-21(16-28)25(35-22(20)15-19)29-24(33)17-34-26-31-30-23(32(26)6-2)14-18-10-8-7-9-11-18/h7-11,19H,5-6,12-15,17H2,1-4H3,(H,29,33). The van der Waals surface area contributed by atoms with Crippen LogP contribution in [0.4, 0.5) is 5.00 Å². The van der Waals surface area contributed by atoms with E-state index in [1.54, 1.807) is 11.3 Å². The molecule has 1 amide bonds. The molecule has 2 aromatic heterocycles. The highest BCUT2D eigenvalue weighted by Crippen LogP contribution is 2.45. The van der Waals surface area contributed by atoms with Crippen LogP contribution in [0.25, 0.3) is 0 Å². The van der Waals surface area contributed by atoms with E-state index in [0.29, 0.717) is 22.9 Å². The molecule has 0 saturated heterocycles. The van der Waals surface area contributed by atoms with Crippen LogP contribution in [0.2, 0.25) is 0 Å². The highest BCUT2D eigenvalue weighted by molar-refractivity contribution is 7.99. The lowest BCUT2D eigenvalue weighted by molar-refractivity contribution is -0.113. The third-order valence-corrected chi connectivity index (χ3v) is 9.43. The average molecular weight is 508 g/mol. The summed E-state index contributed by atoms with van der Waals surface area (Å²) >= 11 is 2.97. The molecule has 0 spiro atoms. The number of fused-ring (bicyclic) bond motifs is 1. The number of hydrogen-bond donors (Lipinski definition) is 1. The number of aromatic nitrogens is 3. The number of nitrogens with zero attached hydrogens (tertiary/aromatic N) is 4. The van der Waals surface area contributed by atoms with Gasteiger partial charge in [-0.05, 0) is 48.6 Å². The molecule has 8 heteroatoms. The molecule has 1 unspecified atom stereocenters. The van der Waals surface area contributed by atoms with Gasteiger partial charge >= 0.3 is 0 Å². The number of nitrogens with one attached hydrogen (secondary N) is 1. The number of carbonyl (C=O) groups excluding carboxylic acids is 1. The van der Waals surface area contributed by atoms with E-state index in [0.717, 1.165) is 48.8 Å². The van der Waals surface area contributed by atoms with E-state index in [1.165, 1.54) is 22.2 Å². The number of thioether (sulfide) groups is 1. The van der Waals surface area contributed by atoms with Crippen molar-refractivity contribution in [1.82, 2.24) is 14.8 Å². The Morgan fingerprint density at radius 2 is 2.06 bits per heavy atom. The van der Waals surface area contributed by atoms with Gasteiger partial charge in [0.2, 0.25) is 5.91 Å². The zero-order valence-corrected chi connectivity index (χ0v) is 22.6. The molecule has 184 valence electrons. The van der Waals surface area contributed by atoms with E-state index < -0.39 is 0 Å². The minimum Gasteiger partial charge on any atom is -0.316 e. The van der Waals surface area contributed by atoms with E-state index in [9.17, 15) is 10.1 Å². The van der Waals surface area contributed by atoms with Crippen LogP contribution in [0, 0.1) is 22.7 Å². The van der Waals surface area contributed by atoms with Crippen LogP contribution < -0.4 is 5.32 Å². The fourth-order valence-electron chi connectivity index (χ4n) is 4.69. The highest BCUT2D eigenvalue weighted by Gasteiger charge is 2.34. The lowest BCUT2D eigenvalue weighted by Crippen LogP contribution is -2.28. The first kappa shape index (κ1) is 25.5. The van der Waals surface area contributed by atoms with Gasteiger partial charge in [-0.1, -0.05) is 69.3 Å². The number of amides is 1. The fourth-order valence-corrected chi connectivity index (χ4v) is 6.81. The third-order valence-electron chi connectivity index (χ3n) is 7.29. The summed E-state index contributed by atoms with van der Waals surface area (Å²) < 4.78 is 2.06. The van der Waals surface area contributed by atoms with Crippen molar-refractivity contribution in [2.45, 2.75) is 71.5 Å². The second-order valence-corrected chi connectivity index (χ2v) is 11.8. The predicted octanol–water partition coefficient (Wildman–Crippen LogP) is 6.09. The Hall–Kier alpha value is -2.63. The molecule has 0 fully saturated rings. The van der Waals surface area contributed by atoms with Crippen molar-refractivity contribution >= 4 is 34.0 Å². The number of nitriles is 1. The summed E-state index contributed by atoms with van der Waals surface area (Å²) in [6.07, 6.45) is 4.85. The van der Waals surface area contributed by atoms with Gasteiger partial charge < -0.3 is 9.88 Å². The predicted molar refractivity (Wildman–Crippen MR) is 143 cm³/mol. The molecule has 1 aliphatic carbocycles. The second kappa shape index (κ2) is 11.0. The number of benzene rings is 1. The van der Waals surface area contributed by atoms with Crippen molar-refractivity contribution in [2.75, 3.05) is 11.1 Å². The molecular formula is C27H33N5OS2. The first-order valence-corrected chi connectivity index (χ1v) is 14.1. The molecule has 4 rings (SSSR count). The Balaban J connectivity index is 1.41. The number of rotatable bonds is 9. The molecule has 3 aromatic rings. The van der Waals surface area contributed by atoms with E-state index in [1.807, 2.05) is 18.2 Å². The summed E-state index contributed by atoms with van der Waals surface area (Å²) in [5.41, 5.74) is 3.25. The molecule has 0 saturated carbocycles. The number of anilines is 1. The van der Waals surface area contributed by atoms with Gasteiger partial charge in [0.25, 0.3) is 0 Å². The van der Waals surface area contributed by atoms with E-state index in [2.05, 4.69) is 66.0 Å². The normalized spacial score (nSPS) is 15.5. The number of thiophene rings is 1. The Bertz CT molecular complexity index is 1220. The molecule has 6 nitrogen and oxygen atoms in total. The maximum atomic E-state index is 12.8. The van der Waals surface area contributed by atoms with Gasteiger partial charge in [0.15, 0.2) is 5.16 Å². The molecule has 1 aromatic carbocycles. The monoisotopic (exact) mass is 507 g/mol. The molecule has 0 bridgehead atoms. The first-order valence-electron chi connectivity index (χ1n) is 12.3. The topological polar surface area (TPSA) is 83.6 Å². The van der Waals surface area contributed by atoms with Crippen LogP contribution in [0.3, 0.4) is 0 Å². The van der Waals surface area contributed by atoms with Gasteiger partial charge in [-0.25, -0.2) is 0 Å². The number of hydrogen-bond acceptors (Lipinski definition) is 6. The van der Waals surface area contributed by atoms with Crippen LogP contribution >= 0.6 is 23.1 Å². The minimum absolute atomic E-state index is 0.120. The van der Waals surface area contributed by atoms with Gasteiger partial charge in [0.1, 0.15) is 16.9 Å². The summed E-state index contributed by atoms with van der Waals surface area (Å²) in [4.78, 5) is 14.1. The van der Waals surface area contributed by atoms with E-state index in [-0.39, 0.29) is 17.1 Å². The highest BCUT2D eigenvalue weighted by atomic mass is 32.2. The van der Waals surface area contributed by atoms with Crippen molar-refractivity contribution in [2.24, 2.45) is 11.3 Å². The molecule has 1 N–H and O–H groups in total. The summed E-state index contributed by atoms with van der Waals surface area (Å²) in [6, 6.07) is 12.5.